The first kappa shape index (κ1) is 20.1. The Morgan fingerprint density at radius 2 is 1.75 bits per heavy atom. The summed E-state index contributed by atoms with van der Waals surface area (Å²) < 4.78 is 11.6. The monoisotopic (exact) mass is 382 g/mol. The van der Waals surface area contributed by atoms with E-state index in [1.165, 1.54) is 0 Å². The third-order valence-corrected chi connectivity index (χ3v) is 5.28. The summed E-state index contributed by atoms with van der Waals surface area (Å²) in [5, 5.41) is 0. The fourth-order valence-corrected chi connectivity index (χ4v) is 3.56. The third-order valence-electron chi connectivity index (χ3n) is 5.28. The maximum Gasteiger partial charge on any atom is 0.263 e. The lowest BCUT2D eigenvalue weighted by Gasteiger charge is -2.37. The van der Waals surface area contributed by atoms with Gasteiger partial charge in [0.05, 0.1) is 12.8 Å². The van der Waals surface area contributed by atoms with E-state index in [1.54, 1.807) is 7.11 Å². The molecule has 1 amide bonds. The molecular weight excluding hydrogens is 352 g/mol. The zero-order valence-corrected chi connectivity index (χ0v) is 17.3. The standard InChI is InChI=1S/C23H30N2O3/c1-5-20(28-22-16-17(2)10-11-18(22)3)23(26)25-14-12-24(13-15-25)19-8-6-7-9-21(19)27-4/h6-11,16,20H,5,12-15H2,1-4H3/t20-/m0/s1. The smallest absolute Gasteiger partial charge is 0.263 e. The van der Waals surface area contributed by atoms with Gasteiger partial charge in [-0.05, 0) is 49.6 Å². The number of anilines is 1. The number of hydrogen-bond acceptors (Lipinski definition) is 4. The fourth-order valence-electron chi connectivity index (χ4n) is 3.56. The van der Waals surface area contributed by atoms with Crippen LogP contribution in [0.2, 0.25) is 0 Å². The Kier molecular flexibility index (Phi) is 6.45. The van der Waals surface area contributed by atoms with Gasteiger partial charge < -0.3 is 19.3 Å². The number of rotatable bonds is 6. The van der Waals surface area contributed by atoms with Gasteiger partial charge in [0.2, 0.25) is 0 Å². The van der Waals surface area contributed by atoms with Crippen molar-refractivity contribution in [2.75, 3.05) is 38.2 Å². The maximum atomic E-state index is 13.1. The summed E-state index contributed by atoms with van der Waals surface area (Å²) in [5.41, 5.74) is 3.27. The highest BCUT2D eigenvalue weighted by Crippen LogP contribution is 2.28. The molecule has 1 saturated heterocycles. The molecule has 28 heavy (non-hydrogen) atoms. The first-order chi connectivity index (χ1) is 13.5. The molecule has 0 spiro atoms. The number of aryl methyl sites for hydroxylation is 2. The van der Waals surface area contributed by atoms with E-state index in [9.17, 15) is 4.79 Å². The summed E-state index contributed by atoms with van der Waals surface area (Å²) in [7, 11) is 1.69. The van der Waals surface area contributed by atoms with Gasteiger partial charge in [0.15, 0.2) is 6.10 Å². The molecule has 0 unspecified atom stereocenters. The molecule has 0 aliphatic carbocycles. The van der Waals surface area contributed by atoms with Crippen LogP contribution in [0.1, 0.15) is 24.5 Å². The van der Waals surface area contributed by atoms with Gasteiger partial charge in [-0.25, -0.2) is 0 Å². The second-order valence-electron chi connectivity index (χ2n) is 7.27. The molecule has 0 bridgehead atoms. The van der Waals surface area contributed by atoms with Crippen molar-refractivity contribution >= 4 is 11.6 Å². The third kappa shape index (κ3) is 4.41. The van der Waals surface area contributed by atoms with Crippen molar-refractivity contribution in [1.82, 2.24) is 4.90 Å². The number of nitrogens with zero attached hydrogens (tertiary/aromatic N) is 2. The number of ether oxygens (including phenoxy) is 2. The molecule has 5 heteroatoms. The van der Waals surface area contributed by atoms with Gasteiger partial charge >= 0.3 is 0 Å². The summed E-state index contributed by atoms with van der Waals surface area (Å²) in [6.07, 6.45) is 0.206. The Hall–Kier alpha value is -2.69. The predicted octanol–water partition coefficient (Wildman–Crippen LogP) is 3.82. The number of hydrogen-bond donors (Lipinski definition) is 0. The molecule has 1 heterocycles. The fraction of sp³-hybridized carbons (Fsp3) is 0.435. The molecule has 2 aromatic carbocycles. The van der Waals surface area contributed by atoms with E-state index < -0.39 is 6.10 Å². The van der Waals surface area contributed by atoms with Gasteiger partial charge in [-0.15, -0.1) is 0 Å². The SMILES string of the molecule is CC[C@H](Oc1cc(C)ccc1C)C(=O)N1CCN(c2ccccc2OC)CC1. The van der Waals surface area contributed by atoms with Crippen molar-refractivity contribution in [3.05, 3.63) is 53.6 Å². The van der Waals surface area contributed by atoms with Gasteiger partial charge in [0, 0.05) is 26.2 Å². The first-order valence-corrected chi connectivity index (χ1v) is 9.94. The summed E-state index contributed by atoms with van der Waals surface area (Å²) >= 11 is 0. The van der Waals surface area contributed by atoms with Gasteiger partial charge in [0.1, 0.15) is 11.5 Å². The number of methoxy groups -OCH3 is 1. The van der Waals surface area contributed by atoms with E-state index in [0.29, 0.717) is 19.5 Å². The quantitative estimate of drug-likeness (QED) is 0.762. The largest absolute Gasteiger partial charge is 0.495 e. The van der Waals surface area contributed by atoms with E-state index in [-0.39, 0.29) is 5.91 Å². The van der Waals surface area contributed by atoms with Crippen LogP contribution in [-0.4, -0.2) is 50.2 Å². The zero-order chi connectivity index (χ0) is 20.1. The Balaban J connectivity index is 1.64. The average Bonchev–Trinajstić information content (AvgIpc) is 2.74. The Bertz CT molecular complexity index is 813. The number of carbonyl (C=O) groups is 1. The maximum absolute atomic E-state index is 13.1. The van der Waals surface area contributed by atoms with E-state index in [2.05, 4.69) is 17.0 Å². The van der Waals surface area contributed by atoms with Crippen LogP contribution in [0.5, 0.6) is 11.5 Å². The molecule has 1 atom stereocenters. The lowest BCUT2D eigenvalue weighted by atomic mass is 10.1. The van der Waals surface area contributed by atoms with E-state index >= 15 is 0 Å². The number of piperazine rings is 1. The molecule has 1 aliphatic heterocycles. The molecule has 3 rings (SSSR count). The molecule has 1 fully saturated rings. The van der Waals surface area contributed by atoms with Crippen molar-refractivity contribution in [3.8, 4) is 11.5 Å². The summed E-state index contributed by atoms with van der Waals surface area (Å²) in [6.45, 7) is 8.98. The average molecular weight is 383 g/mol. The van der Waals surface area contributed by atoms with Crippen molar-refractivity contribution in [3.63, 3.8) is 0 Å². The van der Waals surface area contributed by atoms with Crippen LogP contribution in [0.4, 0.5) is 5.69 Å². The van der Waals surface area contributed by atoms with Gasteiger partial charge in [0.25, 0.3) is 5.91 Å². The molecule has 2 aromatic rings. The number of para-hydroxylation sites is 2. The number of amides is 1. The van der Waals surface area contributed by atoms with Crippen molar-refractivity contribution in [2.24, 2.45) is 0 Å². The predicted molar refractivity (Wildman–Crippen MR) is 112 cm³/mol. The number of benzene rings is 2. The van der Waals surface area contributed by atoms with E-state index in [4.69, 9.17) is 9.47 Å². The van der Waals surface area contributed by atoms with Crippen LogP contribution in [0.25, 0.3) is 0 Å². The number of carbonyl (C=O) groups excluding carboxylic acids is 1. The minimum absolute atomic E-state index is 0.0723. The minimum Gasteiger partial charge on any atom is -0.495 e. The van der Waals surface area contributed by atoms with Crippen LogP contribution in [0.15, 0.2) is 42.5 Å². The van der Waals surface area contributed by atoms with Crippen LogP contribution in [0, 0.1) is 13.8 Å². The molecule has 0 aromatic heterocycles. The normalized spacial score (nSPS) is 15.3. The van der Waals surface area contributed by atoms with Crippen LogP contribution in [0.3, 0.4) is 0 Å². The van der Waals surface area contributed by atoms with Crippen molar-refractivity contribution in [2.45, 2.75) is 33.3 Å². The van der Waals surface area contributed by atoms with Gasteiger partial charge in [-0.1, -0.05) is 31.2 Å². The minimum atomic E-state index is -0.446. The van der Waals surface area contributed by atoms with Gasteiger partial charge in [-0.3, -0.25) is 4.79 Å². The molecule has 0 saturated carbocycles. The van der Waals surface area contributed by atoms with Crippen LogP contribution >= 0.6 is 0 Å². The van der Waals surface area contributed by atoms with Gasteiger partial charge in [-0.2, -0.15) is 0 Å². The Labute approximate surface area is 167 Å². The van der Waals surface area contributed by atoms with E-state index in [0.717, 1.165) is 41.4 Å². The second-order valence-corrected chi connectivity index (χ2v) is 7.27. The highest BCUT2D eigenvalue weighted by atomic mass is 16.5. The Morgan fingerprint density at radius 1 is 1.04 bits per heavy atom. The molecule has 0 N–H and O–H groups in total. The first-order valence-electron chi connectivity index (χ1n) is 9.94. The molecule has 150 valence electrons. The topological polar surface area (TPSA) is 42.0 Å². The zero-order valence-electron chi connectivity index (χ0n) is 17.3. The molecule has 5 nitrogen and oxygen atoms in total. The molecular formula is C23H30N2O3. The van der Waals surface area contributed by atoms with Crippen LogP contribution in [-0.2, 0) is 4.79 Å². The lowest BCUT2D eigenvalue weighted by molar-refractivity contribution is -0.139. The summed E-state index contributed by atoms with van der Waals surface area (Å²) in [4.78, 5) is 17.2. The highest BCUT2D eigenvalue weighted by Gasteiger charge is 2.28. The van der Waals surface area contributed by atoms with Crippen molar-refractivity contribution in [1.29, 1.82) is 0 Å². The summed E-state index contributed by atoms with van der Waals surface area (Å²) in [6, 6.07) is 14.1. The second kappa shape index (κ2) is 9.00. The molecule has 1 aliphatic rings. The highest BCUT2D eigenvalue weighted by molar-refractivity contribution is 5.81. The molecule has 0 radical (unpaired) electrons. The Morgan fingerprint density at radius 3 is 2.43 bits per heavy atom. The van der Waals surface area contributed by atoms with Crippen molar-refractivity contribution < 1.29 is 14.3 Å². The summed E-state index contributed by atoms with van der Waals surface area (Å²) in [5.74, 6) is 1.74. The lowest BCUT2D eigenvalue weighted by Crippen LogP contribution is -2.52. The van der Waals surface area contributed by atoms with Crippen LogP contribution < -0.4 is 14.4 Å². The van der Waals surface area contributed by atoms with E-state index in [1.807, 2.05) is 56.0 Å².